The number of alkyl halides is 3. The van der Waals surface area contributed by atoms with Crippen LogP contribution in [0.25, 0.3) is 16.9 Å². The van der Waals surface area contributed by atoms with Crippen molar-refractivity contribution in [3.63, 3.8) is 0 Å². The lowest BCUT2D eigenvalue weighted by Crippen LogP contribution is -2.21. The molecule has 0 fully saturated rings. The van der Waals surface area contributed by atoms with Crippen molar-refractivity contribution < 1.29 is 31.5 Å². The van der Waals surface area contributed by atoms with E-state index < -0.39 is 46.8 Å². The molecule has 6 rings (SSSR count). The van der Waals surface area contributed by atoms with Crippen LogP contribution in [0.1, 0.15) is 43.6 Å². The minimum absolute atomic E-state index is 0.0461. The summed E-state index contributed by atoms with van der Waals surface area (Å²) in [5.41, 5.74) is -0.760. The lowest BCUT2D eigenvalue weighted by atomic mass is 9.97. The molecular weight excluding hydrogens is 571 g/mol. The van der Waals surface area contributed by atoms with Gasteiger partial charge in [0.15, 0.2) is 5.65 Å². The number of rotatable bonds is 4. The Labute approximate surface area is 231 Å². The SMILES string of the molecule is O=C(Nc1cc(-c2ccc3ncnn3c2)nc2c1[C@H](c1cc(F)ccc1Cl)NC2=O)c1cc(F)cc(C(F)(F)F)c1. The van der Waals surface area contributed by atoms with Gasteiger partial charge in [0.2, 0.25) is 0 Å². The molecule has 0 unspecified atom stereocenters. The van der Waals surface area contributed by atoms with Gasteiger partial charge in [0.1, 0.15) is 23.7 Å². The van der Waals surface area contributed by atoms with Crippen LogP contribution in [0.2, 0.25) is 5.02 Å². The zero-order chi connectivity index (χ0) is 29.1. The average molecular weight is 585 g/mol. The van der Waals surface area contributed by atoms with E-state index in [1.807, 2.05) is 0 Å². The third kappa shape index (κ3) is 4.84. The summed E-state index contributed by atoms with van der Waals surface area (Å²) in [6, 6.07) is 8.52. The Kier molecular flexibility index (Phi) is 6.18. The van der Waals surface area contributed by atoms with Crippen molar-refractivity contribution >= 4 is 34.7 Å². The standard InChI is InChI=1S/C27H14ClF5N6O2/c28-18-3-2-15(29)8-17(18)23-22-20(37-25(40)13-5-14(27(31,32)33)7-16(30)6-13)9-19(36-24(22)26(41)38-23)12-1-4-21-34-11-35-39(21)10-12/h1-11,23H,(H,38,41)(H,36,37,40)/t23-/m0/s1. The summed E-state index contributed by atoms with van der Waals surface area (Å²) in [5.74, 6) is -3.69. The molecule has 2 aromatic carbocycles. The van der Waals surface area contributed by atoms with Crippen molar-refractivity contribution in [3.8, 4) is 11.3 Å². The zero-order valence-electron chi connectivity index (χ0n) is 20.3. The molecule has 8 nitrogen and oxygen atoms in total. The van der Waals surface area contributed by atoms with Crippen LogP contribution in [0.3, 0.4) is 0 Å². The van der Waals surface area contributed by atoms with Crippen molar-refractivity contribution in [2.24, 2.45) is 0 Å². The van der Waals surface area contributed by atoms with Gasteiger partial charge in [-0.2, -0.15) is 18.3 Å². The maximum absolute atomic E-state index is 14.2. The summed E-state index contributed by atoms with van der Waals surface area (Å²) >= 11 is 6.30. The van der Waals surface area contributed by atoms with Gasteiger partial charge in [-0.05, 0) is 54.6 Å². The summed E-state index contributed by atoms with van der Waals surface area (Å²) < 4.78 is 69.6. The van der Waals surface area contributed by atoms with Gasteiger partial charge >= 0.3 is 6.18 Å². The first kappa shape index (κ1) is 26.3. The van der Waals surface area contributed by atoms with E-state index in [1.54, 1.807) is 18.3 Å². The predicted molar refractivity (Wildman–Crippen MR) is 136 cm³/mol. The maximum atomic E-state index is 14.2. The van der Waals surface area contributed by atoms with Crippen LogP contribution in [0.4, 0.5) is 27.6 Å². The van der Waals surface area contributed by atoms with Crippen molar-refractivity contribution in [1.29, 1.82) is 0 Å². The lowest BCUT2D eigenvalue weighted by molar-refractivity contribution is -0.137. The normalized spacial score (nSPS) is 14.7. The Morgan fingerprint density at radius 1 is 1.02 bits per heavy atom. The number of aromatic nitrogens is 4. The minimum atomic E-state index is -4.90. The van der Waals surface area contributed by atoms with Crippen molar-refractivity contribution in [2.45, 2.75) is 12.2 Å². The Morgan fingerprint density at radius 3 is 2.61 bits per heavy atom. The van der Waals surface area contributed by atoms with E-state index in [0.29, 0.717) is 23.3 Å². The van der Waals surface area contributed by atoms with Crippen LogP contribution in [-0.4, -0.2) is 31.4 Å². The smallest absolute Gasteiger partial charge is 0.340 e. The zero-order valence-corrected chi connectivity index (χ0v) is 21.1. The van der Waals surface area contributed by atoms with E-state index in [0.717, 1.165) is 12.1 Å². The van der Waals surface area contributed by atoms with Crippen LogP contribution < -0.4 is 10.6 Å². The second-order valence-corrected chi connectivity index (χ2v) is 9.46. The number of benzene rings is 2. The molecule has 1 aliphatic heterocycles. The highest BCUT2D eigenvalue weighted by molar-refractivity contribution is 6.31. The highest BCUT2D eigenvalue weighted by atomic mass is 35.5. The van der Waals surface area contributed by atoms with Crippen LogP contribution in [0.15, 0.2) is 67.1 Å². The van der Waals surface area contributed by atoms with Gasteiger partial charge in [-0.3, -0.25) is 9.59 Å². The molecule has 1 atom stereocenters. The second-order valence-electron chi connectivity index (χ2n) is 9.05. The van der Waals surface area contributed by atoms with Gasteiger partial charge in [-0.1, -0.05) is 11.6 Å². The largest absolute Gasteiger partial charge is 0.416 e. The van der Waals surface area contributed by atoms with Crippen LogP contribution >= 0.6 is 11.6 Å². The van der Waals surface area contributed by atoms with E-state index in [9.17, 15) is 31.5 Å². The summed E-state index contributed by atoms with van der Waals surface area (Å²) in [5, 5.41) is 9.30. The predicted octanol–water partition coefficient (Wildman–Crippen LogP) is 5.83. The summed E-state index contributed by atoms with van der Waals surface area (Å²) in [4.78, 5) is 34.8. The molecule has 0 saturated heterocycles. The first-order valence-corrected chi connectivity index (χ1v) is 12.2. The van der Waals surface area contributed by atoms with Crippen molar-refractivity contribution in [3.05, 3.63) is 112 Å². The highest BCUT2D eigenvalue weighted by Crippen LogP contribution is 2.40. The molecule has 41 heavy (non-hydrogen) atoms. The molecule has 0 radical (unpaired) electrons. The second kappa shape index (κ2) is 9.63. The molecule has 3 aromatic heterocycles. The fourth-order valence-electron chi connectivity index (χ4n) is 4.56. The number of halogens is 6. The molecule has 5 aromatic rings. The molecule has 0 aliphatic carbocycles. The molecule has 206 valence electrons. The van der Waals surface area contributed by atoms with Crippen LogP contribution in [-0.2, 0) is 6.18 Å². The lowest BCUT2D eigenvalue weighted by Gasteiger charge is -2.19. The number of amides is 2. The van der Waals surface area contributed by atoms with E-state index in [1.165, 1.54) is 23.0 Å². The van der Waals surface area contributed by atoms with Gasteiger partial charge in [0, 0.05) is 33.5 Å². The molecule has 1 aliphatic rings. The van der Waals surface area contributed by atoms with Crippen LogP contribution in [0.5, 0.6) is 0 Å². The Balaban J connectivity index is 1.51. The highest BCUT2D eigenvalue weighted by Gasteiger charge is 2.37. The minimum Gasteiger partial charge on any atom is -0.340 e. The third-order valence-electron chi connectivity index (χ3n) is 6.41. The number of hydrogen-bond donors (Lipinski definition) is 2. The van der Waals surface area contributed by atoms with Gasteiger partial charge in [-0.15, -0.1) is 0 Å². The van der Waals surface area contributed by atoms with Crippen molar-refractivity contribution in [1.82, 2.24) is 24.9 Å². The van der Waals surface area contributed by atoms with Gasteiger partial charge in [0.25, 0.3) is 11.8 Å². The first-order chi connectivity index (χ1) is 19.5. The molecular formula is C27H14ClF5N6O2. The number of pyridine rings is 2. The van der Waals surface area contributed by atoms with E-state index >= 15 is 0 Å². The molecule has 4 heterocycles. The molecule has 14 heteroatoms. The fourth-order valence-corrected chi connectivity index (χ4v) is 4.79. The number of anilines is 1. The maximum Gasteiger partial charge on any atom is 0.416 e. The topological polar surface area (TPSA) is 101 Å². The Morgan fingerprint density at radius 2 is 1.83 bits per heavy atom. The Hall–Kier alpha value is -4.91. The summed E-state index contributed by atoms with van der Waals surface area (Å²) in [7, 11) is 0. The van der Waals surface area contributed by atoms with Crippen LogP contribution in [0, 0.1) is 11.6 Å². The van der Waals surface area contributed by atoms with Gasteiger partial charge in [0.05, 0.1) is 23.0 Å². The molecule has 0 spiro atoms. The number of nitrogens with zero attached hydrogens (tertiary/aromatic N) is 4. The number of nitrogens with one attached hydrogen (secondary N) is 2. The molecule has 2 amide bonds. The monoisotopic (exact) mass is 584 g/mol. The third-order valence-corrected chi connectivity index (χ3v) is 6.76. The van der Waals surface area contributed by atoms with E-state index in [-0.39, 0.29) is 39.3 Å². The number of carbonyl (C=O) groups is 2. The molecule has 2 N–H and O–H groups in total. The Bertz CT molecular complexity index is 1890. The quantitative estimate of drug-likeness (QED) is 0.259. The first-order valence-electron chi connectivity index (χ1n) is 11.8. The van der Waals surface area contributed by atoms with E-state index in [4.69, 9.17) is 11.6 Å². The van der Waals surface area contributed by atoms with Gasteiger partial charge < -0.3 is 10.6 Å². The fraction of sp³-hybridized carbons (Fsp3) is 0.0741. The van der Waals surface area contributed by atoms with Gasteiger partial charge in [-0.25, -0.2) is 23.3 Å². The number of carbonyl (C=O) groups excluding carboxylic acids is 2. The average Bonchev–Trinajstić information content (AvgIpc) is 3.53. The number of fused-ring (bicyclic) bond motifs is 2. The summed E-state index contributed by atoms with van der Waals surface area (Å²) in [6.07, 6.45) is -2.01. The molecule has 0 saturated carbocycles. The van der Waals surface area contributed by atoms with Crippen molar-refractivity contribution in [2.75, 3.05) is 5.32 Å². The summed E-state index contributed by atoms with van der Waals surface area (Å²) in [6.45, 7) is 0. The van der Waals surface area contributed by atoms with E-state index in [2.05, 4.69) is 25.7 Å². The molecule has 0 bridgehead atoms. The number of hydrogen-bond acceptors (Lipinski definition) is 5.